The van der Waals surface area contributed by atoms with Crippen LogP contribution in [0.5, 0.6) is 0 Å². The van der Waals surface area contributed by atoms with Crippen molar-refractivity contribution in [2.75, 3.05) is 13.2 Å². The second-order valence-corrected chi connectivity index (χ2v) is 31.5. The molecule has 1 fully saturated rings. The molecule has 1 aliphatic rings. The van der Waals surface area contributed by atoms with Gasteiger partial charge in [0.05, 0.1) is 6.61 Å². The molecule has 0 aromatic heterocycles. The van der Waals surface area contributed by atoms with E-state index in [2.05, 4.69) is 78.6 Å². The zero-order valence-electron chi connectivity index (χ0n) is 24.6. The minimum Gasteiger partial charge on any atom is -0.434 e. The third-order valence-corrected chi connectivity index (χ3v) is 8.31. The first-order valence-electron chi connectivity index (χ1n) is 12.7. The SMILES string of the molecule is CC(C)COC(=O)OCC1OC(O[Si](C)(C)C)C(O[Si](C)(C)C)C(O[Si](C)(C)C)C1O[Si](C)(C)C. The molecule has 1 aliphatic heterocycles. The lowest BCUT2D eigenvalue weighted by atomic mass is 9.99. The lowest BCUT2D eigenvalue weighted by molar-refractivity contribution is -0.269. The number of rotatable bonds is 12. The highest BCUT2D eigenvalue weighted by atomic mass is 28.4. The Labute approximate surface area is 218 Å². The van der Waals surface area contributed by atoms with Gasteiger partial charge in [0.2, 0.25) is 0 Å². The molecule has 5 unspecified atom stereocenters. The molecule has 1 saturated heterocycles. The van der Waals surface area contributed by atoms with Gasteiger partial charge >= 0.3 is 6.16 Å². The molecule has 12 heteroatoms. The van der Waals surface area contributed by atoms with E-state index in [1.54, 1.807) is 0 Å². The molecule has 0 amide bonds. The zero-order valence-corrected chi connectivity index (χ0v) is 28.6. The largest absolute Gasteiger partial charge is 0.508 e. The van der Waals surface area contributed by atoms with Gasteiger partial charge in [-0.05, 0) is 84.5 Å². The Morgan fingerprint density at radius 1 is 0.657 bits per heavy atom. The second kappa shape index (κ2) is 12.7. The molecule has 5 atom stereocenters. The highest BCUT2D eigenvalue weighted by molar-refractivity contribution is 6.71. The van der Waals surface area contributed by atoms with Gasteiger partial charge in [-0.3, -0.25) is 0 Å². The maximum absolute atomic E-state index is 12.3. The van der Waals surface area contributed by atoms with Crippen molar-refractivity contribution in [3.8, 4) is 0 Å². The van der Waals surface area contributed by atoms with Crippen molar-refractivity contribution in [3.05, 3.63) is 0 Å². The van der Waals surface area contributed by atoms with Crippen LogP contribution in [0.25, 0.3) is 0 Å². The maximum Gasteiger partial charge on any atom is 0.508 e. The van der Waals surface area contributed by atoms with Gasteiger partial charge < -0.3 is 31.9 Å². The van der Waals surface area contributed by atoms with Crippen molar-refractivity contribution in [1.82, 2.24) is 0 Å². The van der Waals surface area contributed by atoms with E-state index in [1.807, 2.05) is 13.8 Å². The summed E-state index contributed by atoms with van der Waals surface area (Å²) in [5.74, 6) is 0.222. The van der Waals surface area contributed by atoms with Gasteiger partial charge in [-0.15, -0.1) is 0 Å². The molecule has 0 aromatic carbocycles. The van der Waals surface area contributed by atoms with Crippen molar-refractivity contribution >= 4 is 39.4 Å². The van der Waals surface area contributed by atoms with Crippen LogP contribution in [0.4, 0.5) is 4.79 Å². The Kier molecular flexibility index (Phi) is 11.9. The summed E-state index contributed by atoms with van der Waals surface area (Å²) in [4.78, 5) is 12.3. The first-order chi connectivity index (χ1) is 15.6. The fourth-order valence-electron chi connectivity index (χ4n) is 3.51. The molecule has 208 valence electrons. The molecular weight excluding hydrogens is 517 g/mol. The second-order valence-electron chi connectivity index (χ2n) is 13.6. The van der Waals surface area contributed by atoms with E-state index >= 15 is 0 Å². The molecule has 0 spiro atoms. The van der Waals surface area contributed by atoms with Crippen LogP contribution in [0.15, 0.2) is 0 Å². The maximum atomic E-state index is 12.3. The van der Waals surface area contributed by atoms with Crippen molar-refractivity contribution in [2.45, 2.75) is 123 Å². The lowest BCUT2D eigenvalue weighted by Crippen LogP contribution is -2.67. The molecule has 0 aromatic rings. The molecule has 1 heterocycles. The molecule has 1 rings (SSSR count). The van der Waals surface area contributed by atoms with Crippen molar-refractivity contribution < 1.29 is 36.7 Å². The van der Waals surface area contributed by atoms with Gasteiger partial charge in [-0.25, -0.2) is 4.79 Å². The van der Waals surface area contributed by atoms with Crippen LogP contribution in [0, 0.1) is 5.92 Å². The summed E-state index contributed by atoms with van der Waals surface area (Å²) in [7, 11) is -8.09. The Balaban J connectivity index is 3.40. The number of hydrogen-bond donors (Lipinski definition) is 0. The van der Waals surface area contributed by atoms with E-state index in [9.17, 15) is 4.79 Å². The highest BCUT2D eigenvalue weighted by Gasteiger charge is 2.53. The third-order valence-electron chi connectivity index (χ3n) is 4.43. The highest BCUT2D eigenvalue weighted by Crippen LogP contribution is 2.35. The number of ether oxygens (including phenoxy) is 3. The molecule has 0 N–H and O–H groups in total. The average molecular weight is 569 g/mol. The van der Waals surface area contributed by atoms with E-state index in [-0.39, 0.29) is 12.5 Å². The smallest absolute Gasteiger partial charge is 0.434 e. The van der Waals surface area contributed by atoms with Crippen LogP contribution in [-0.2, 0) is 31.9 Å². The number of carbonyl (C=O) groups is 1. The van der Waals surface area contributed by atoms with E-state index in [0.29, 0.717) is 6.61 Å². The van der Waals surface area contributed by atoms with Gasteiger partial charge in [0, 0.05) is 0 Å². The molecular formula is C23H52O8Si4. The van der Waals surface area contributed by atoms with Gasteiger partial charge in [0.25, 0.3) is 0 Å². The predicted octanol–water partition coefficient (Wildman–Crippen LogP) is 6.03. The minimum atomic E-state index is -2.04. The van der Waals surface area contributed by atoms with Gasteiger partial charge in [0.1, 0.15) is 31.0 Å². The zero-order chi connectivity index (χ0) is 27.4. The topological polar surface area (TPSA) is 81.7 Å². The van der Waals surface area contributed by atoms with E-state index in [0.717, 1.165) is 0 Å². The summed E-state index contributed by atoms with van der Waals surface area (Å²) in [6.07, 6.45) is -3.23. The summed E-state index contributed by atoms with van der Waals surface area (Å²) < 4.78 is 43.9. The summed E-state index contributed by atoms with van der Waals surface area (Å²) in [6, 6.07) is 0. The summed E-state index contributed by atoms with van der Waals surface area (Å²) in [6.45, 7) is 29.9. The number of carbonyl (C=O) groups excluding carboxylic acids is 1. The lowest BCUT2D eigenvalue weighted by Gasteiger charge is -2.51. The average Bonchev–Trinajstić information content (AvgIpc) is 2.59. The summed E-state index contributed by atoms with van der Waals surface area (Å²) >= 11 is 0. The predicted molar refractivity (Wildman–Crippen MR) is 150 cm³/mol. The van der Waals surface area contributed by atoms with Crippen LogP contribution in [0.1, 0.15) is 13.8 Å². The fraction of sp³-hybridized carbons (Fsp3) is 0.957. The third kappa shape index (κ3) is 13.9. The van der Waals surface area contributed by atoms with Crippen LogP contribution in [-0.4, -0.2) is 83.3 Å². The van der Waals surface area contributed by atoms with Crippen molar-refractivity contribution in [1.29, 1.82) is 0 Å². The van der Waals surface area contributed by atoms with Gasteiger partial charge in [0.15, 0.2) is 39.6 Å². The van der Waals surface area contributed by atoms with Crippen LogP contribution in [0.2, 0.25) is 78.6 Å². The van der Waals surface area contributed by atoms with Crippen molar-refractivity contribution in [2.24, 2.45) is 5.92 Å². The Morgan fingerprint density at radius 3 is 1.51 bits per heavy atom. The minimum absolute atomic E-state index is 0.0111. The van der Waals surface area contributed by atoms with Crippen LogP contribution >= 0.6 is 0 Å². The Morgan fingerprint density at radius 2 is 1.09 bits per heavy atom. The molecule has 0 saturated carbocycles. The molecule has 0 bridgehead atoms. The van der Waals surface area contributed by atoms with Gasteiger partial charge in [-0.2, -0.15) is 0 Å². The summed E-state index contributed by atoms with van der Waals surface area (Å²) in [5, 5.41) is 0. The fourth-order valence-corrected chi connectivity index (χ4v) is 7.64. The summed E-state index contributed by atoms with van der Waals surface area (Å²) in [5.41, 5.74) is 0. The Hall–Kier alpha value is -0.0625. The number of hydrogen-bond acceptors (Lipinski definition) is 8. The van der Waals surface area contributed by atoms with E-state index in [1.165, 1.54) is 0 Å². The van der Waals surface area contributed by atoms with Crippen LogP contribution < -0.4 is 0 Å². The van der Waals surface area contributed by atoms with E-state index < -0.39 is 70.1 Å². The first kappa shape index (κ1) is 33.0. The molecule has 0 radical (unpaired) electrons. The Bertz CT molecular complexity index is 664. The van der Waals surface area contributed by atoms with Gasteiger partial charge in [-0.1, -0.05) is 13.8 Å². The molecule has 35 heavy (non-hydrogen) atoms. The standard InChI is InChI=1S/C23H52O8Si4/c1-17(2)15-25-23(24)26-16-18-19(28-32(3,4)5)20(29-33(6,7)8)21(30-34(9,10)11)22(27-18)31-35(12,13)14/h17-22H,15-16H2,1-14H3. The van der Waals surface area contributed by atoms with E-state index in [4.69, 9.17) is 31.9 Å². The monoisotopic (exact) mass is 568 g/mol. The normalized spacial score (nSPS) is 26.7. The molecule has 8 nitrogen and oxygen atoms in total. The first-order valence-corrected chi connectivity index (χ1v) is 26.4. The van der Waals surface area contributed by atoms with Crippen LogP contribution in [0.3, 0.4) is 0 Å². The molecule has 0 aliphatic carbocycles. The quantitative estimate of drug-likeness (QED) is 0.208. The van der Waals surface area contributed by atoms with Crippen molar-refractivity contribution in [3.63, 3.8) is 0 Å².